The number of furan rings is 1. The summed E-state index contributed by atoms with van der Waals surface area (Å²) in [6.07, 6.45) is 10.5. The van der Waals surface area contributed by atoms with Gasteiger partial charge in [-0.05, 0) is 75.1 Å². The molecule has 0 spiro atoms. The van der Waals surface area contributed by atoms with Gasteiger partial charge in [-0.3, -0.25) is 14.3 Å². The van der Waals surface area contributed by atoms with Crippen molar-refractivity contribution in [2.45, 2.75) is 62.5 Å². The van der Waals surface area contributed by atoms with Crippen molar-refractivity contribution in [2.75, 3.05) is 0 Å². The van der Waals surface area contributed by atoms with E-state index in [4.69, 9.17) is 4.42 Å². The Balaban J connectivity index is 1.30. The predicted molar refractivity (Wildman–Crippen MR) is 123 cm³/mol. The minimum atomic E-state index is -0.280. The zero-order chi connectivity index (χ0) is 22.1. The molecular weight excluding hydrogens is 422 g/mol. The molecule has 5 rings (SSSR count). The molecule has 2 aliphatic rings. The minimum Gasteiger partial charge on any atom is -0.467 e. The standard InChI is InChI=1S/C24H29N5O2S/c1-15(21-12-17-7-8-18(21)11-17)26-23(30)16(2)32-24-28-27-22(19-5-3-9-25-13-19)29(24)14-20-6-4-10-31-20/h3-6,9-10,13,15-18,21H,7-8,11-12,14H2,1-2H3,(H,26,30). The van der Waals surface area contributed by atoms with E-state index in [-0.39, 0.29) is 17.2 Å². The normalized spacial score (nSPS) is 23.9. The Kier molecular flexibility index (Phi) is 6.04. The zero-order valence-electron chi connectivity index (χ0n) is 18.5. The fourth-order valence-electron chi connectivity index (χ4n) is 5.35. The first kappa shape index (κ1) is 21.2. The quantitative estimate of drug-likeness (QED) is 0.511. The molecule has 0 radical (unpaired) electrons. The van der Waals surface area contributed by atoms with Crippen LogP contribution in [0.5, 0.6) is 0 Å². The molecule has 3 aromatic rings. The van der Waals surface area contributed by atoms with Crippen LogP contribution in [0.15, 0.2) is 52.5 Å². The van der Waals surface area contributed by atoms with E-state index in [9.17, 15) is 4.79 Å². The number of hydrogen-bond acceptors (Lipinski definition) is 6. The molecule has 0 aromatic carbocycles. The largest absolute Gasteiger partial charge is 0.467 e. The first-order valence-electron chi connectivity index (χ1n) is 11.4. The lowest BCUT2D eigenvalue weighted by molar-refractivity contribution is -0.121. The van der Waals surface area contributed by atoms with Crippen LogP contribution in [0.1, 0.15) is 45.3 Å². The van der Waals surface area contributed by atoms with Crippen molar-refractivity contribution in [3.05, 3.63) is 48.7 Å². The van der Waals surface area contributed by atoms with Crippen LogP contribution in [-0.4, -0.2) is 36.9 Å². The number of hydrogen-bond donors (Lipinski definition) is 1. The molecule has 5 atom stereocenters. The van der Waals surface area contributed by atoms with Crippen molar-refractivity contribution in [1.29, 1.82) is 0 Å². The molecule has 8 heteroatoms. The summed E-state index contributed by atoms with van der Waals surface area (Å²) in [5.41, 5.74) is 0.875. The maximum absolute atomic E-state index is 13.0. The highest BCUT2D eigenvalue weighted by molar-refractivity contribution is 8.00. The summed E-state index contributed by atoms with van der Waals surface area (Å²) in [4.78, 5) is 17.2. The molecule has 3 heterocycles. The van der Waals surface area contributed by atoms with Crippen molar-refractivity contribution < 1.29 is 9.21 Å². The SMILES string of the molecule is CC(Sc1nnc(-c2cccnc2)n1Cc1ccco1)C(=O)NC(C)C1CC2CCC1C2. The first-order valence-corrected chi connectivity index (χ1v) is 12.3. The van der Waals surface area contributed by atoms with E-state index in [1.807, 2.05) is 35.8 Å². The Morgan fingerprint density at radius 1 is 1.25 bits per heavy atom. The minimum absolute atomic E-state index is 0.0562. The number of fused-ring (bicyclic) bond motifs is 2. The number of thioether (sulfide) groups is 1. The summed E-state index contributed by atoms with van der Waals surface area (Å²) in [7, 11) is 0. The second kappa shape index (κ2) is 9.10. The molecule has 5 unspecified atom stereocenters. The van der Waals surface area contributed by atoms with Crippen molar-refractivity contribution in [3.8, 4) is 11.4 Å². The number of aromatic nitrogens is 4. The third-order valence-corrected chi connectivity index (χ3v) is 8.07. The molecule has 2 saturated carbocycles. The number of amides is 1. The van der Waals surface area contributed by atoms with E-state index in [1.165, 1.54) is 37.4 Å². The number of carbonyl (C=O) groups excluding carboxylic acids is 1. The molecule has 0 saturated heterocycles. The molecular formula is C24H29N5O2S. The van der Waals surface area contributed by atoms with Gasteiger partial charge in [0.1, 0.15) is 5.76 Å². The number of pyridine rings is 1. The number of nitrogens with zero attached hydrogens (tertiary/aromatic N) is 4. The van der Waals surface area contributed by atoms with Gasteiger partial charge in [-0.25, -0.2) is 0 Å². The van der Waals surface area contributed by atoms with Gasteiger partial charge in [-0.1, -0.05) is 18.2 Å². The van der Waals surface area contributed by atoms with Gasteiger partial charge in [0.05, 0.1) is 18.1 Å². The molecule has 2 aliphatic carbocycles. The van der Waals surface area contributed by atoms with Crippen LogP contribution in [0.4, 0.5) is 0 Å². The third-order valence-electron chi connectivity index (χ3n) is 6.99. The van der Waals surface area contributed by atoms with Gasteiger partial charge in [0.2, 0.25) is 5.91 Å². The molecule has 168 valence electrons. The maximum atomic E-state index is 13.0. The van der Waals surface area contributed by atoms with Crippen LogP contribution in [0, 0.1) is 17.8 Å². The van der Waals surface area contributed by atoms with Crippen molar-refractivity contribution in [3.63, 3.8) is 0 Å². The van der Waals surface area contributed by atoms with E-state index < -0.39 is 0 Å². The van der Waals surface area contributed by atoms with E-state index in [1.54, 1.807) is 18.7 Å². The van der Waals surface area contributed by atoms with Gasteiger partial charge in [-0.15, -0.1) is 10.2 Å². The lowest BCUT2D eigenvalue weighted by Crippen LogP contribution is -2.43. The average molecular weight is 452 g/mol. The molecule has 1 amide bonds. The highest BCUT2D eigenvalue weighted by Gasteiger charge is 2.42. The van der Waals surface area contributed by atoms with Gasteiger partial charge < -0.3 is 9.73 Å². The van der Waals surface area contributed by atoms with E-state index in [0.29, 0.717) is 23.4 Å². The Labute approximate surface area is 192 Å². The summed E-state index contributed by atoms with van der Waals surface area (Å²) in [6.45, 7) is 4.59. The average Bonchev–Trinajstić information content (AvgIpc) is 3.61. The lowest BCUT2D eigenvalue weighted by Gasteiger charge is -2.29. The van der Waals surface area contributed by atoms with Crippen molar-refractivity contribution in [2.24, 2.45) is 17.8 Å². The summed E-state index contributed by atoms with van der Waals surface area (Å²) in [5, 5.41) is 12.5. The topological polar surface area (TPSA) is 85.8 Å². The number of nitrogens with one attached hydrogen (secondary N) is 1. The fourth-order valence-corrected chi connectivity index (χ4v) is 6.21. The van der Waals surface area contributed by atoms with Crippen LogP contribution in [-0.2, 0) is 11.3 Å². The first-order chi connectivity index (χ1) is 15.6. The third kappa shape index (κ3) is 4.33. The summed E-state index contributed by atoms with van der Waals surface area (Å²) in [5.74, 6) is 3.85. The molecule has 2 bridgehead atoms. The van der Waals surface area contributed by atoms with Gasteiger partial charge >= 0.3 is 0 Å². The zero-order valence-corrected chi connectivity index (χ0v) is 19.3. The fraction of sp³-hybridized carbons (Fsp3) is 0.500. The Morgan fingerprint density at radius 2 is 2.16 bits per heavy atom. The summed E-state index contributed by atoms with van der Waals surface area (Å²) in [6, 6.07) is 7.84. The maximum Gasteiger partial charge on any atom is 0.233 e. The monoisotopic (exact) mass is 451 g/mol. The van der Waals surface area contributed by atoms with E-state index in [0.717, 1.165) is 23.2 Å². The van der Waals surface area contributed by atoms with Gasteiger partial charge in [0, 0.05) is 24.0 Å². The van der Waals surface area contributed by atoms with Crippen LogP contribution >= 0.6 is 11.8 Å². The van der Waals surface area contributed by atoms with Crippen molar-refractivity contribution >= 4 is 17.7 Å². The van der Waals surface area contributed by atoms with Crippen LogP contribution in [0.2, 0.25) is 0 Å². The summed E-state index contributed by atoms with van der Waals surface area (Å²) >= 11 is 1.43. The molecule has 1 N–H and O–H groups in total. The highest BCUT2D eigenvalue weighted by Crippen LogP contribution is 2.49. The Hall–Kier alpha value is -2.61. The second-order valence-corrected chi connectivity index (χ2v) is 10.4. The summed E-state index contributed by atoms with van der Waals surface area (Å²) < 4.78 is 7.55. The molecule has 32 heavy (non-hydrogen) atoms. The Bertz CT molecular complexity index is 1050. The van der Waals surface area contributed by atoms with E-state index >= 15 is 0 Å². The van der Waals surface area contributed by atoms with Gasteiger partial charge in [0.25, 0.3) is 0 Å². The number of carbonyl (C=O) groups is 1. The highest BCUT2D eigenvalue weighted by atomic mass is 32.2. The number of rotatable bonds is 8. The van der Waals surface area contributed by atoms with Gasteiger partial charge in [0.15, 0.2) is 11.0 Å². The smallest absolute Gasteiger partial charge is 0.233 e. The second-order valence-electron chi connectivity index (χ2n) is 9.11. The van der Waals surface area contributed by atoms with E-state index in [2.05, 4.69) is 27.4 Å². The Morgan fingerprint density at radius 3 is 2.84 bits per heavy atom. The lowest BCUT2D eigenvalue weighted by atomic mass is 9.84. The van der Waals surface area contributed by atoms with Crippen molar-refractivity contribution in [1.82, 2.24) is 25.1 Å². The van der Waals surface area contributed by atoms with Crippen LogP contribution < -0.4 is 5.32 Å². The van der Waals surface area contributed by atoms with Gasteiger partial charge in [-0.2, -0.15) is 0 Å². The molecule has 2 fully saturated rings. The molecule has 7 nitrogen and oxygen atoms in total. The van der Waals surface area contributed by atoms with Crippen LogP contribution in [0.25, 0.3) is 11.4 Å². The molecule has 3 aromatic heterocycles. The van der Waals surface area contributed by atoms with Crippen LogP contribution in [0.3, 0.4) is 0 Å². The molecule has 0 aliphatic heterocycles. The predicted octanol–water partition coefficient (Wildman–Crippen LogP) is 4.40.